The molecule has 0 bridgehead atoms. The molecule has 0 saturated carbocycles. The van der Waals surface area contributed by atoms with Crippen molar-refractivity contribution in [1.82, 2.24) is 15.1 Å². The third kappa shape index (κ3) is 5.72. The van der Waals surface area contributed by atoms with Crippen molar-refractivity contribution < 1.29 is 31.9 Å². The summed E-state index contributed by atoms with van der Waals surface area (Å²) in [5.41, 5.74) is -1.51. The Morgan fingerprint density at radius 2 is 2.00 bits per heavy atom. The van der Waals surface area contributed by atoms with Crippen LogP contribution in [0.1, 0.15) is 38.1 Å². The summed E-state index contributed by atoms with van der Waals surface area (Å²) in [6, 6.07) is 0.546. The van der Waals surface area contributed by atoms with Crippen LogP contribution in [0.4, 0.5) is 17.6 Å². The first kappa shape index (κ1) is 18.7. The molecular formula is C13H15F4N3O3. The smallest absolute Gasteiger partial charge is 0.332 e. The molecule has 6 nitrogen and oxygen atoms in total. The monoisotopic (exact) mass is 337 g/mol. The molecule has 1 heterocycles. The lowest BCUT2D eigenvalue weighted by atomic mass is 10.3. The molecule has 0 fully saturated rings. The number of nitrogens with zero attached hydrogens (tertiary/aromatic N) is 2. The molecule has 0 radical (unpaired) electrons. The zero-order chi connectivity index (χ0) is 17.6. The van der Waals surface area contributed by atoms with E-state index in [4.69, 9.17) is 0 Å². The summed E-state index contributed by atoms with van der Waals surface area (Å²) in [6.45, 7) is 2.44. The number of amides is 1. The Morgan fingerprint density at radius 1 is 1.35 bits per heavy atom. The third-order valence-corrected chi connectivity index (χ3v) is 2.53. The topological polar surface area (TPSA) is 73.2 Å². The third-order valence-electron chi connectivity index (χ3n) is 2.53. The van der Waals surface area contributed by atoms with Gasteiger partial charge in [-0.25, -0.2) is 22.4 Å². The van der Waals surface area contributed by atoms with Crippen molar-refractivity contribution in [3.8, 4) is 0 Å². The van der Waals surface area contributed by atoms with Gasteiger partial charge in [-0.2, -0.15) is 5.10 Å². The molecule has 0 aliphatic rings. The van der Waals surface area contributed by atoms with Crippen molar-refractivity contribution in [3.63, 3.8) is 0 Å². The van der Waals surface area contributed by atoms with Gasteiger partial charge in [0, 0.05) is 11.8 Å². The van der Waals surface area contributed by atoms with Crippen molar-refractivity contribution in [1.29, 1.82) is 0 Å². The molecule has 0 atom stereocenters. The van der Waals surface area contributed by atoms with Gasteiger partial charge < -0.3 is 10.1 Å². The maximum Gasteiger partial charge on any atom is 0.332 e. The van der Waals surface area contributed by atoms with Gasteiger partial charge >= 0.3 is 5.97 Å². The van der Waals surface area contributed by atoms with E-state index in [1.165, 1.54) is 6.92 Å². The van der Waals surface area contributed by atoms with Crippen molar-refractivity contribution in [2.75, 3.05) is 6.61 Å². The summed E-state index contributed by atoms with van der Waals surface area (Å²) < 4.78 is 55.7. The Bertz CT molecular complexity index is 599. The number of alkyl halides is 4. The highest BCUT2D eigenvalue weighted by Gasteiger charge is 2.22. The van der Waals surface area contributed by atoms with Gasteiger partial charge in [-0.15, -0.1) is 0 Å². The van der Waals surface area contributed by atoms with E-state index in [9.17, 15) is 27.2 Å². The number of allylic oxidation sites excluding steroid dienone is 1. The van der Waals surface area contributed by atoms with Crippen LogP contribution in [0.15, 0.2) is 17.8 Å². The molecule has 1 N–H and O–H groups in total. The number of halogens is 4. The van der Waals surface area contributed by atoms with Crippen molar-refractivity contribution in [2.45, 2.75) is 33.2 Å². The summed E-state index contributed by atoms with van der Waals surface area (Å²) in [6.07, 6.45) is -5.08. The predicted octanol–water partition coefficient (Wildman–Crippen LogP) is 2.34. The summed E-state index contributed by atoms with van der Waals surface area (Å²) >= 11 is 0. The van der Waals surface area contributed by atoms with Crippen molar-refractivity contribution >= 4 is 11.9 Å². The lowest BCUT2D eigenvalue weighted by Crippen LogP contribution is -2.28. The van der Waals surface area contributed by atoms with Crippen LogP contribution in [-0.4, -0.2) is 28.3 Å². The summed E-state index contributed by atoms with van der Waals surface area (Å²) in [7, 11) is 0. The molecular weight excluding hydrogens is 322 g/mol. The number of hydrogen-bond acceptors (Lipinski definition) is 4. The van der Waals surface area contributed by atoms with Crippen LogP contribution in [0.2, 0.25) is 0 Å². The number of nitrogens with one attached hydrogen (secondary N) is 1. The van der Waals surface area contributed by atoms with Gasteiger partial charge in [-0.3, -0.25) is 9.48 Å². The molecule has 128 valence electrons. The number of carbonyl (C=O) groups excluding carboxylic acids is 2. The van der Waals surface area contributed by atoms with Crippen molar-refractivity contribution in [3.05, 3.63) is 29.2 Å². The van der Waals surface area contributed by atoms with E-state index in [1.54, 1.807) is 6.92 Å². The first-order chi connectivity index (χ1) is 10.7. The van der Waals surface area contributed by atoms with E-state index in [0.29, 0.717) is 10.7 Å². The van der Waals surface area contributed by atoms with Gasteiger partial charge in [0.2, 0.25) is 5.91 Å². The molecule has 1 rings (SSSR count). The highest BCUT2D eigenvalue weighted by molar-refractivity contribution is 5.84. The largest absolute Gasteiger partial charge is 0.463 e. The summed E-state index contributed by atoms with van der Waals surface area (Å²) in [5.74, 6) is -1.48. The Morgan fingerprint density at radius 3 is 2.52 bits per heavy atom. The number of hydrogen-bond donors (Lipinski definition) is 1. The fraction of sp³-hybridized carbons (Fsp3) is 0.462. The Kier molecular flexibility index (Phi) is 6.73. The second-order valence-corrected chi connectivity index (χ2v) is 4.38. The van der Waals surface area contributed by atoms with Crippen LogP contribution in [-0.2, 0) is 20.9 Å². The Labute approximate surface area is 129 Å². The van der Waals surface area contributed by atoms with Crippen LogP contribution in [0.5, 0.6) is 0 Å². The molecule has 0 aliphatic heterocycles. The molecule has 10 heteroatoms. The molecule has 0 aliphatic carbocycles. The lowest BCUT2D eigenvalue weighted by Gasteiger charge is -2.08. The van der Waals surface area contributed by atoms with Crippen LogP contribution < -0.4 is 5.32 Å². The van der Waals surface area contributed by atoms with Gasteiger partial charge in [0.15, 0.2) is 0 Å². The maximum atomic E-state index is 12.8. The SMILES string of the molecule is CCOC(=O)/C=C(\C)NC(=O)Cn1nc(C(F)F)cc1C(F)F. The van der Waals surface area contributed by atoms with Gasteiger partial charge in [-0.1, -0.05) is 0 Å². The fourth-order valence-corrected chi connectivity index (χ4v) is 1.65. The number of ether oxygens (including phenoxy) is 1. The first-order valence-electron chi connectivity index (χ1n) is 6.53. The van der Waals surface area contributed by atoms with Crippen LogP contribution in [0, 0.1) is 0 Å². The van der Waals surface area contributed by atoms with E-state index in [-0.39, 0.29) is 12.3 Å². The maximum absolute atomic E-state index is 12.8. The van der Waals surface area contributed by atoms with E-state index in [1.807, 2.05) is 0 Å². The molecule has 0 aromatic carbocycles. The van der Waals surface area contributed by atoms with E-state index < -0.39 is 42.7 Å². The predicted molar refractivity (Wildman–Crippen MR) is 70.7 cm³/mol. The zero-order valence-electron chi connectivity index (χ0n) is 12.4. The average Bonchev–Trinajstić information content (AvgIpc) is 2.82. The second kappa shape index (κ2) is 8.30. The molecule has 1 aromatic heterocycles. The van der Waals surface area contributed by atoms with Gasteiger partial charge in [0.25, 0.3) is 12.9 Å². The van der Waals surface area contributed by atoms with E-state index in [2.05, 4.69) is 15.2 Å². The van der Waals surface area contributed by atoms with Crippen LogP contribution in [0.25, 0.3) is 0 Å². The number of aromatic nitrogens is 2. The average molecular weight is 337 g/mol. The van der Waals surface area contributed by atoms with E-state index >= 15 is 0 Å². The van der Waals surface area contributed by atoms with Gasteiger partial charge in [0.05, 0.1) is 6.61 Å². The zero-order valence-corrected chi connectivity index (χ0v) is 12.4. The van der Waals surface area contributed by atoms with Gasteiger partial charge in [-0.05, 0) is 19.9 Å². The summed E-state index contributed by atoms with van der Waals surface area (Å²) in [4.78, 5) is 22.9. The minimum atomic E-state index is -3.06. The molecule has 0 spiro atoms. The second-order valence-electron chi connectivity index (χ2n) is 4.38. The van der Waals surface area contributed by atoms with Crippen LogP contribution in [0.3, 0.4) is 0 Å². The number of carbonyl (C=O) groups is 2. The quantitative estimate of drug-likeness (QED) is 0.471. The Balaban J connectivity index is 2.79. The number of esters is 1. The molecule has 0 unspecified atom stereocenters. The summed E-state index contributed by atoms with van der Waals surface area (Å²) in [5, 5.41) is 5.53. The molecule has 1 amide bonds. The normalized spacial score (nSPS) is 11.9. The lowest BCUT2D eigenvalue weighted by molar-refractivity contribution is -0.137. The van der Waals surface area contributed by atoms with Crippen LogP contribution >= 0.6 is 0 Å². The molecule has 23 heavy (non-hydrogen) atoms. The minimum Gasteiger partial charge on any atom is -0.463 e. The highest BCUT2D eigenvalue weighted by atomic mass is 19.3. The molecule has 0 saturated heterocycles. The first-order valence-corrected chi connectivity index (χ1v) is 6.53. The Hall–Kier alpha value is -2.39. The minimum absolute atomic E-state index is 0.119. The van der Waals surface area contributed by atoms with Gasteiger partial charge in [0.1, 0.15) is 17.9 Å². The number of rotatable bonds is 7. The standard InChI is InChI=1S/C13H15F4N3O3/c1-3-23-11(22)4-7(2)18-10(21)6-20-9(13(16)17)5-8(19-20)12(14)15/h4-5,12-13H,3,6H2,1-2H3,(H,18,21)/b7-4+. The van der Waals surface area contributed by atoms with Crippen molar-refractivity contribution in [2.24, 2.45) is 0 Å². The molecule has 1 aromatic rings. The van der Waals surface area contributed by atoms with E-state index in [0.717, 1.165) is 6.08 Å². The fourth-order valence-electron chi connectivity index (χ4n) is 1.65. The highest BCUT2D eigenvalue weighted by Crippen LogP contribution is 2.24.